The molecule has 1 fully saturated rings. The van der Waals surface area contributed by atoms with Crippen LogP contribution in [0.2, 0.25) is 0 Å². The smallest absolute Gasteiger partial charge is 0.159 e. The average Bonchev–Trinajstić information content (AvgIpc) is 3.60. The molecule has 0 N–H and O–H groups in total. The highest BCUT2D eigenvalue weighted by Crippen LogP contribution is 2.33. The molecular weight excluding hydrogens is 443 g/mol. The molecule has 2 aliphatic heterocycles. The highest BCUT2D eigenvalue weighted by Gasteiger charge is 2.21. The number of nitrogens with zero attached hydrogens (tertiary/aromatic N) is 6. The molecule has 4 aromatic rings. The van der Waals surface area contributed by atoms with E-state index in [1.807, 2.05) is 43.1 Å². The molecule has 1 aromatic carbocycles. The first-order chi connectivity index (χ1) is 17.0. The van der Waals surface area contributed by atoms with Crippen LogP contribution in [0.3, 0.4) is 0 Å². The Kier molecular flexibility index (Phi) is 5.50. The van der Waals surface area contributed by atoms with Crippen LogP contribution in [0.5, 0.6) is 0 Å². The molecule has 3 aromatic heterocycles. The highest BCUT2D eigenvalue weighted by molar-refractivity contribution is 5.91. The number of hydrogen-bond acceptors (Lipinski definition) is 5. The molecule has 0 atom stereocenters. The summed E-state index contributed by atoms with van der Waals surface area (Å²) in [4.78, 5) is 12.0. The van der Waals surface area contributed by atoms with Gasteiger partial charge in [0.2, 0.25) is 0 Å². The van der Waals surface area contributed by atoms with Crippen molar-refractivity contribution < 1.29 is 9.13 Å². The van der Waals surface area contributed by atoms with E-state index in [2.05, 4.69) is 32.9 Å². The normalized spacial score (nSPS) is 17.4. The zero-order chi connectivity index (χ0) is 24.1. The Labute approximate surface area is 203 Å². The van der Waals surface area contributed by atoms with Crippen LogP contribution in [-0.4, -0.2) is 62.6 Å². The molecule has 7 nitrogen and oxygen atoms in total. The van der Waals surface area contributed by atoms with Crippen LogP contribution in [0.1, 0.15) is 30.0 Å². The van der Waals surface area contributed by atoms with Gasteiger partial charge in [0.25, 0.3) is 0 Å². The number of benzene rings is 1. The van der Waals surface area contributed by atoms with Crippen LogP contribution in [0.15, 0.2) is 43.0 Å². The van der Waals surface area contributed by atoms with Crippen molar-refractivity contribution in [3.8, 4) is 22.4 Å². The monoisotopic (exact) mass is 472 g/mol. The van der Waals surface area contributed by atoms with Crippen molar-refractivity contribution in [3.63, 3.8) is 0 Å². The molecule has 5 heterocycles. The lowest BCUT2D eigenvalue weighted by molar-refractivity contribution is 0.212. The lowest BCUT2D eigenvalue weighted by Gasteiger charge is -2.28. The van der Waals surface area contributed by atoms with Crippen LogP contribution in [0, 0.1) is 12.7 Å². The Morgan fingerprint density at radius 2 is 1.89 bits per heavy atom. The zero-order valence-corrected chi connectivity index (χ0v) is 20.3. The summed E-state index contributed by atoms with van der Waals surface area (Å²) < 4.78 is 24.6. The maximum atomic E-state index is 15.2. The van der Waals surface area contributed by atoms with Crippen molar-refractivity contribution in [2.75, 3.05) is 33.4 Å². The largest absolute Gasteiger partial charge is 0.373 e. The van der Waals surface area contributed by atoms with E-state index in [-0.39, 0.29) is 5.82 Å². The fourth-order valence-electron chi connectivity index (χ4n) is 5.28. The number of hydrogen-bond donors (Lipinski definition) is 0. The van der Waals surface area contributed by atoms with Crippen molar-refractivity contribution in [2.45, 2.75) is 25.8 Å². The van der Waals surface area contributed by atoms with Gasteiger partial charge in [0, 0.05) is 41.7 Å². The Morgan fingerprint density at radius 1 is 1.06 bits per heavy atom. The molecule has 0 radical (unpaired) electrons. The summed E-state index contributed by atoms with van der Waals surface area (Å²) in [5.74, 6) is -0.258. The molecule has 0 spiro atoms. The minimum atomic E-state index is -0.258. The minimum absolute atomic E-state index is 0.258. The summed E-state index contributed by atoms with van der Waals surface area (Å²) in [7, 11) is 4.13. The van der Waals surface area contributed by atoms with E-state index in [9.17, 15) is 0 Å². The first-order valence-electron chi connectivity index (χ1n) is 12.1. The molecule has 6 rings (SSSR count). The summed E-state index contributed by atoms with van der Waals surface area (Å²) in [5.41, 5.74) is 7.35. The molecule has 180 valence electrons. The van der Waals surface area contributed by atoms with E-state index in [1.165, 1.54) is 0 Å². The van der Waals surface area contributed by atoms with E-state index >= 15 is 4.39 Å². The standard InChI is InChI=1S/C27H29FN6O/c1-17-10-19(11-23(28)25(17)18-6-9-35-16-18)24-13-29-27-26(31-24)22(15-33(27)3)20-12-30-34(14-20)21-4-7-32(2)8-5-21/h6,10-15,21H,4-5,7-9,16H2,1-3H3. The lowest BCUT2D eigenvalue weighted by atomic mass is 9.97. The number of ether oxygens (including phenoxy) is 1. The van der Waals surface area contributed by atoms with Gasteiger partial charge in [-0.3, -0.25) is 4.68 Å². The predicted molar refractivity (Wildman–Crippen MR) is 134 cm³/mol. The molecule has 0 aliphatic carbocycles. The van der Waals surface area contributed by atoms with Gasteiger partial charge in [-0.1, -0.05) is 6.08 Å². The van der Waals surface area contributed by atoms with Crippen LogP contribution in [0.25, 0.3) is 39.1 Å². The first-order valence-corrected chi connectivity index (χ1v) is 12.1. The Morgan fingerprint density at radius 3 is 2.63 bits per heavy atom. The van der Waals surface area contributed by atoms with Crippen LogP contribution in [-0.2, 0) is 11.8 Å². The fraction of sp³-hybridized carbons (Fsp3) is 0.370. The maximum absolute atomic E-state index is 15.2. The number of halogens is 1. The molecule has 8 heteroatoms. The topological polar surface area (TPSA) is 61.0 Å². The maximum Gasteiger partial charge on any atom is 0.159 e. The van der Waals surface area contributed by atoms with Gasteiger partial charge >= 0.3 is 0 Å². The molecule has 0 bridgehead atoms. The van der Waals surface area contributed by atoms with Crippen molar-refractivity contribution in [2.24, 2.45) is 7.05 Å². The Balaban J connectivity index is 1.37. The predicted octanol–water partition coefficient (Wildman–Crippen LogP) is 4.63. The number of aromatic nitrogens is 5. The lowest BCUT2D eigenvalue weighted by Crippen LogP contribution is -2.31. The third-order valence-electron chi connectivity index (χ3n) is 7.25. The molecular formula is C27H29FN6O. The van der Waals surface area contributed by atoms with Gasteiger partial charge in [0.1, 0.15) is 11.3 Å². The van der Waals surface area contributed by atoms with Crippen molar-refractivity contribution in [1.82, 2.24) is 29.2 Å². The van der Waals surface area contributed by atoms with Gasteiger partial charge in [0.05, 0.1) is 37.3 Å². The van der Waals surface area contributed by atoms with Crippen LogP contribution < -0.4 is 0 Å². The van der Waals surface area contributed by atoms with Gasteiger partial charge in [-0.15, -0.1) is 0 Å². The summed E-state index contributed by atoms with van der Waals surface area (Å²) in [6, 6.07) is 3.95. The molecule has 0 unspecified atom stereocenters. The van der Waals surface area contributed by atoms with Gasteiger partial charge < -0.3 is 14.2 Å². The van der Waals surface area contributed by atoms with Gasteiger partial charge in [0.15, 0.2) is 5.65 Å². The van der Waals surface area contributed by atoms with Crippen molar-refractivity contribution in [1.29, 1.82) is 0 Å². The Bertz CT molecular complexity index is 1420. The van der Waals surface area contributed by atoms with Crippen LogP contribution in [0.4, 0.5) is 4.39 Å². The van der Waals surface area contributed by atoms with Crippen molar-refractivity contribution in [3.05, 3.63) is 59.9 Å². The second-order valence-electron chi connectivity index (χ2n) is 9.72. The van der Waals surface area contributed by atoms with E-state index < -0.39 is 0 Å². The van der Waals surface area contributed by atoms with E-state index in [0.29, 0.717) is 30.5 Å². The molecule has 1 saturated heterocycles. The molecule has 2 aliphatic rings. The fourth-order valence-corrected chi connectivity index (χ4v) is 5.28. The summed E-state index contributed by atoms with van der Waals surface area (Å²) >= 11 is 0. The summed E-state index contributed by atoms with van der Waals surface area (Å²) in [6.45, 7) is 5.08. The molecule has 35 heavy (non-hydrogen) atoms. The first kappa shape index (κ1) is 22.1. The number of piperidine rings is 1. The highest BCUT2D eigenvalue weighted by atomic mass is 19.1. The number of likely N-dealkylation sites (tertiary alicyclic amines) is 1. The number of aryl methyl sites for hydroxylation is 2. The number of rotatable bonds is 4. The SMILES string of the molecule is Cc1cc(-c2cnc3c(n2)c(-c2cnn(C4CCN(C)CC4)c2)cn3C)cc(F)c1C1=CCOC1. The second-order valence-corrected chi connectivity index (χ2v) is 9.72. The van der Waals surface area contributed by atoms with Crippen molar-refractivity contribution >= 4 is 16.7 Å². The zero-order valence-electron chi connectivity index (χ0n) is 20.3. The quantitative estimate of drug-likeness (QED) is 0.434. The van der Waals surface area contributed by atoms with E-state index in [0.717, 1.165) is 64.9 Å². The second kappa shape index (κ2) is 8.70. The van der Waals surface area contributed by atoms with Gasteiger partial charge in [-0.2, -0.15) is 5.10 Å². The van der Waals surface area contributed by atoms with Crippen LogP contribution >= 0.6 is 0 Å². The van der Waals surface area contributed by atoms with Gasteiger partial charge in [-0.25, -0.2) is 14.4 Å². The third-order valence-corrected chi connectivity index (χ3v) is 7.25. The van der Waals surface area contributed by atoms with E-state index in [4.69, 9.17) is 9.72 Å². The van der Waals surface area contributed by atoms with Gasteiger partial charge in [-0.05, 0) is 63.2 Å². The number of fused-ring (bicyclic) bond motifs is 1. The molecule has 0 amide bonds. The minimum Gasteiger partial charge on any atom is -0.373 e. The third kappa shape index (κ3) is 3.96. The summed E-state index contributed by atoms with van der Waals surface area (Å²) in [5, 5.41) is 4.68. The Hall–Kier alpha value is -3.36. The average molecular weight is 473 g/mol. The molecule has 0 saturated carbocycles. The van der Waals surface area contributed by atoms with E-state index in [1.54, 1.807) is 12.3 Å². The summed E-state index contributed by atoms with van der Waals surface area (Å²) in [6.07, 6.45) is 11.9.